The van der Waals surface area contributed by atoms with Crippen molar-refractivity contribution in [1.82, 2.24) is 4.90 Å². The molecule has 1 atom stereocenters. The van der Waals surface area contributed by atoms with Gasteiger partial charge in [0.2, 0.25) is 0 Å². The minimum Gasteiger partial charge on any atom is -0.372 e. The molecule has 0 saturated carbocycles. The third-order valence-electron chi connectivity index (χ3n) is 3.70. The van der Waals surface area contributed by atoms with Gasteiger partial charge in [0.25, 0.3) is 5.69 Å². The number of hydrogen-bond acceptors (Lipinski definition) is 4. The van der Waals surface area contributed by atoms with Crippen molar-refractivity contribution in [1.29, 1.82) is 0 Å². The number of carbonyl (C=O) groups is 1. The van der Waals surface area contributed by atoms with Crippen molar-refractivity contribution < 1.29 is 14.5 Å². The number of nitrogens with one attached hydrogen (secondary N) is 1. The van der Waals surface area contributed by atoms with Gasteiger partial charge in [0.15, 0.2) is 0 Å². The molecule has 7 nitrogen and oxygen atoms in total. The topological polar surface area (TPSA) is 84.7 Å². The highest BCUT2D eigenvalue weighted by Gasteiger charge is 2.32. The monoisotopic (exact) mass is 293 g/mol. The number of benzene rings is 1. The summed E-state index contributed by atoms with van der Waals surface area (Å²) in [6.45, 7) is 5.59. The molecule has 2 amide bonds. The quantitative estimate of drug-likeness (QED) is 0.685. The molecule has 1 fully saturated rings. The van der Waals surface area contributed by atoms with Gasteiger partial charge in [0, 0.05) is 24.4 Å². The Morgan fingerprint density at radius 1 is 1.48 bits per heavy atom. The number of rotatable bonds is 3. The Morgan fingerprint density at radius 2 is 2.14 bits per heavy atom. The number of ether oxygens (including phenoxy) is 1. The molecule has 0 radical (unpaired) electrons. The molecule has 1 aliphatic rings. The van der Waals surface area contributed by atoms with E-state index in [2.05, 4.69) is 5.32 Å². The van der Waals surface area contributed by atoms with E-state index < -0.39 is 4.92 Å². The molecule has 114 valence electrons. The second-order valence-electron chi connectivity index (χ2n) is 5.31. The molecular formula is C14H19N3O4. The number of urea groups is 1. The zero-order valence-electron chi connectivity index (χ0n) is 12.2. The first-order chi connectivity index (χ1) is 9.93. The third-order valence-corrected chi connectivity index (χ3v) is 3.70. The lowest BCUT2D eigenvalue weighted by Gasteiger charge is -2.39. The zero-order chi connectivity index (χ0) is 15.5. The lowest BCUT2D eigenvalue weighted by molar-refractivity contribution is -0.384. The summed E-state index contributed by atoms with van der Waals surface area (Å²) in [7, 11) is 0. The van der Waals surface area contributed by atoms with E-state index in [1.807, 2.05) is 13.8 Å². The SMILES string of the molecule is CCC1(C)CN(C(=O)Nc2ccc([N+](=O)[O-])cc2)CCO1. The maximum absolute atomic E-state index is 12.2. The largest absolute Gasteiger partial charge is 0.372 e. The van der Waals surface area contributed by atoms with Gasteiger partial charge in [0.05, 0.1) is 23.7 Å². The first-order valence-electron chi connectivity index (χ1n) is 6.88. The van der Waals surface area contributed by atoms with Crippen LogP contribution < -0.4 is 5.32 Å². The zero-order valence-corrected chi connectivity index (χ0v) is 12.2. The number of carbonyl (C=O) groups excluding carboxylic acids is 1. The van der Waals surface area contributed by atoms with Crippen LogP contribution in [0.25, 0.3) is 0 Å². The minimum absolute atomic E-state index is 0.00192. The fourth-order valence-corrected chi connectivity index (χ4v) is 2.19. The predicted molar refractivity (Wildman–Crippen MR) is 78.3 cm³/mol. The number of nitro groups is 1. The van der Waals surface area contributed by atoms with Crippen molar-refractivity contribution in [2.24, 2.45) is 0 Å². The van der Waals surface area contributed by atoms with E-state index in [1.54, 1.807) is 4.90 Å². The van der Waals surface area contributed by atoms with Crippen molar-refractivity contribution in [3.8, 4) is 0 Å². The highest BCUT2D eigenvalue weighted by atomic mass is 16.6. The number of hydrogen-bond donors (Lipinski definition) is 1. The van der Waals surface area contributed by atoms with Gasteiger partial charge in [-0.05, 0) is 25.5 Å². The smallest absolute Gasteiger partial charge is 0.322 e. The normalized spacial score (nSPS) is 21.9. The summed E-state index contributed by atoms with van der Waals surface area (Å²) in [6, 6.07) is 5.56. The molecule has 1 N–H and O–H groups in total. The van der Waals surface area contributed by atoms with Crippen molar-refractivity contribution in [3.05, 3.63) is 34.4 Å². The van der Waals surface area contributed by atoms with E-state index in [4.69, 9.17) is 4.74 Å². The molecule has 1 unspecified atom stereocenters. The average molecular weight is 293 g/mol. The number of nitro benzene ring substituents is 1. The third kappa shape index (κ3) is 3.69. The molecule has 2 rings (SSSR count). The Labute approximate surface area is 123 Å². The second-order valence-corrected chi connectivity index (χ2v) is 5.31. The van der Waals surface area contributed by atoms with E-state index in [0.29, 0.717) is 25.4 Å². The molecule has 1 aromatic rings. The first-order valence-corrected chi connectivity index (χ1v) is 6.88. The average Bonchev–Trinajstić information content (AvgIpc) is 2.48. The molecule has 1 heterocycles. The lowest BCUT2D eigenvalue weighted by atomic mass is 10.0. The Morgan fingerprint density at radius 3 is 2.71 bits per heavy atom. The number of non-ortho nitro benzene ring substituents is 1. The molecule has 7 heteroatoms. The van der Waals surface area contributed by atoms with Gasteiger partial charge in [-0.3, -0.25) is 10.1 Å². The first kappa shape index (κ1) is 15.2. The second kappa shape index (κ2) is 6.09. The van der Waals surface area contributed by atoms with Crippen LogP contribution in [0.3, 0.4) is 0 Å². The fraction of sp³-hybridized carbons (Fsp3) is 0.500. The summed E-state index contributed by atoms with van der Waals surface area (Å²) in [5.74, 6) is 0. The number of nitrogens with zero attached hydrogens (tertiary/aromatic N) is 2. The Kier molecular flexibility index (Phi) is 4.42. The van der Waals surface area contributed by atoms with Crippen molar-refractivity contribution >= 4 is 17.4 Å². The van der Waals surface area contributed by atoms with Gasteiger partial charge < -0.3 is 15.0 Å². The summed E-state index contributed by atoms with van der Waals surface area (Å²) >= 11 is 0. The Balaban J connectivity index is 1.99. The molecule has 21 heavy (non-hydrogen) atoms. The van der Waals surface area contributed by atoms with Crippen molar-refractivity contribution in [2.75, 3.05) is 25.0 Å². The number of morpholine rings is 1. The van der Waals surface area contributed by atoms with Gasteiger partial charge in [-0.2, -0.15) is 0 Å². The van der Waals surface area contributed by atoms with Crippen LogP contribution in [-0.2, 0) is 4.74 Å². The summed E-state index contributed by atoms with van der Waals surface area (Å²) in [6.07, 6.45) is 0.828. The van der Waals surface area contributed by atoms with E-state index in [9.17, 15) is 14.9 Å². The molecule has 0 aromatic heterocycles. The van der Waals surface area contributed by atoms with E-state index in [0.717, 1.165) is 6.42 Å². The van der Waals surface area contributed by atoms with E-state index in [-0.39, 0.29) is 17.3 Å². The highest BCUT2D eigenvalue weighted by molar-refractivity contribution is 5.89. The standard InChI is InChI=1S/C14H19N3O4/c1-3-14(2)10-16(8-9-21-14)13(18)15-11-4-6-12(7-5-11)17(19)20/h4-7H,3,8-10H2,1-2H3,(H,15,18). The van der Waals surface area contributed by atoms with Crippen LogP contribution in [-0.4, -0.2) is 41.2 Å². The Hall–Kier alpha value is -2.15. The van der Waals surface area contributed by atoms with Crippen LogP contribution in [0.4, 0.5) is 16.2 Å². The van der Waals surface area contributed by atoms with Gasteiger partial charge in [0.1, 0.15) is 0 Å². The highest BCUT2D eigenvalue weighted by Crippen LogP contribution is 2.22. The van der Waals surface area contributed by atoms with E-state index >= 15 is 0 Å². The van der Waals surface area contributed by atoms with Crippen LogP contribution in [0, 0.1) is 10.1 Å². The van der Waals surface area contributed by atoms with Crippen LogP contribution >= 0.6 is 0 Å². The van der Waals surface area contributed by atoms with Gasteiger partial charge in [-0.1, -0.05) is 6.92 Å². The van der Waals surface area contributed by atoms with Gasteiger partial charge in [-0.15, -0.1) is 0 Å². The predicted octanol–water partition coefficient (Wildman–Crippen LogP) is 2.63. The molecule has 0 aliphatic carbocycles. The molecular weight excluding hydrogens is 274 g/mol. The van der Waals surface area contributed by atoms with Crippen LogP contribution in [0.15, 0.2) is 24.3 Å². The molecule has 0 spiro atoms. The minimum atomic E-state index is -0.472. The summed E-state index contributed by atoms with van der Waals surface area (Å²) in [4.78, 5) is 24.0. The summed E-state index contributed by atoms with van der Waals surface area (Å²) in [5, 5.41) is 13.3. The molecule has 1 saturated heterocycles. The van der Waals surface area contributed by atoms with E-state index in [1.165, 1.54) is 24.3 Å². The molecule has 0 bridgehead atoms. The van der Waals surface area contributed by atoms with Crippen LogP contribution in [0.2, 0.25) is 0 Å². The number of anilines is 1. The summed E-state index contributed by atoms with van der Waals surface area (Å²) < 4.78 is 5.69. The number of amides is 2. The lowest BCUT2D eigenvalue weighted by Crippen LogP contribution is -2.52. The fourth-order valence-electron chi connectivity index (χ4n) is 2.19. The maximum Gasteiger partial charge on any atom is 0.322 e. The molecule has 1 aliphatic heterocycles. The molecule has 1 aromatic carbocycles. The van der Waals surface area contributed by atoms with Crippen LogP contribution in [0.5, 0.6) is 0 Å². The summed E-state index contributed by atoms with van der Waals surface area (Å²) in [5.41, 5.74) is 0.221. The van der Waals surface area contributed by atoms with Crippen LogP contribution in [0.1, 0.15) is 20.3 Å². The van der Waals surface area contributed by atoms with Crippen molar-refractivity contribution in [2.45, 2.75) is 25.9 Å². The van der Waals surface area contributed by atoms with Gasteiger partial charge in [-0.25, -0.2) is 4.79 Å². The maximum atomic E-state index is 12.2. The Bertz CT molecular complexity index is 532. The van der Waals surface area contributed by atoms with Gasteiger partial charge >= 0.3 is 6.03 Å². The van der Waals surface area contributed by atoms with Crippen molar-refractivity contribution in [3.63, 3.8) is 0 Å².